The smallest absolute Gasteiger partial charge is 0.142 e. The van der Waals surface area contributed by atoms with Gasteiger partial charge in [0, 0.05) is 15.3 Å². The van der Waals surface area contributed by atoms with E-state index in [0.717, 1.165) is 11.4 Å². The van der Waals surface area contributed by atoms with Crippen LogP contribution in [0.2, 0.25) is 0 Å². The summed E-state index contributed by atoms with van der Waals surface area (Å²) in [5, 5.41) is 3.35. The normalized spacial score (nSPS) is 12.7. The van der Waals surface area contributed by atoms with Crippen molar-refractivity contribution in [3.63, 3.8) is 0 Å². The molecule has 0 bridgehead atoms. The molecule has 1 nitrogen and oxygen atoms in total. The molecule has 0 saturated carbocycles. The average Bonchev–Trinajstić information content (AvgIpc) is 2.77. The van der Waals surface area contributed by atoms with E-state index in [9.17, 15) is 4.39 Å². The molecule has 0 amide bonds. The summed E-state index contributed by atoms with van der Waals surface area (Å²) >= 11 is 4.94. The molecule has 1 unspecified atom stereocenters. The second-order valence-electron chi connectivity index (χ2n) is 4.08. The average molecular weight is 328 g/mol. The first-order chi connectivity index (χ1) is 8.63. The maximum atomic E-state index is 14.2. The van der Waals surface area contributed by atoms with Crippen molar-refractivity contribution >= 4 is 27.3 Å². The van der Waals surface area contributed by atoms with Gasteiger partial charge in [0.15, 0.2) is 0 Å². The van der Waals surface area contributed by atoms with Crippen molar-refractivity contribution < 1.29 is 4.39 Å². The molecule has 2 rings (SSSR count). The zero-order chi connectivity index (χ0) is 13.1. The van der Waals surface area contributed by atoms with Crippen molar-refractivity contribution in [2.24, 2.45) is 0 Å². The van der Waals surface area contributed by atoms with Crippen LogP contribution >= 0.6 is 27.3 Å². The molecule has 0 aliphatic carbocycles. The monoisotopic (exact) mass is 327 g/mol. The Morgan fingerprint density at radius 3 is 2.72 bits per heavy atom. The Kier molecular flexibility index (Phi) is 4.54. The van der Waals surface area contributed by atoms with Gasteiger partial charge in [-0.05, 0) is 47.6 Å². The van der Waals surface area contributed by atoms with Gasteiger partial charge in [-0.3, -0.25) is 0 Å². The zero-order valence-electron chi connectivity index (χ0n) is 10.3. The summed E-state index contributed by atoms with van der Waals surface area (Å²) in [5.74, 6) is -0.186. The predicted molar refractivity (Wildman–Crippen MR) is 78.7 cm³/mol. The molecule has 2 aromatic rings. The third-order valence-electron chi connectivity index (χ3n) is 2.75. The van der Waals surface area contributed by atoms with Crippen molar-refractivity contribution in [1.82, 2.24) is 5.32 Å². The van der Waals surface area contributed by atoms with E-state index < -0.39 is 0 Å². The minimum Gasteiger partial charge on any atom is -0.306 e. The number of halogens is 2. The summed E-state index contributed by atoms with van der Waals surface area (Å²) in [4.78, 5) is 2.38. The molecule has 0 saturated heterocycles. The summed E-state index contributed by atoms with van der Waals surface area (Å²) < 4.78 is 14.7. The van der Waals surface area contributed by atoms with Crippen LogP contribution in [0.25, 0.3) is 0 Å². The Hall–Kier alpha value is -0.710. The van der Waals surface area contributed by atoms with E-state index in [1.54, 1.807) is 17.4 Å². The Balaban J connectivity index is 2.44. The second-order valence-corrected chi connectivity index (χ2v) is 6.26. The summed E-state index contributed by atoms with van der Waals surface area (Å²) in [6, 6.07) is 9.48. The van der Waals surface area contributed by atoms with E-state index in [1.807, 2.05) is 19.1 Å². The molecule has 0 spiro atoms. The molecule has 1 aromatic heterocycles. The van der Waals surface area contributed by atoms with Gasteiger partial charge < -0.3 is 5.32 Å². The Bertz CT molecular complexity index is 538. The molecule has 0 radical (unpaired) electrons. The minimum absolute atomic E-state index is 0.0776. The number of nitrogens with one attached hydrogen (secondary N) is 1. The molecule has 1 heterocycles. The second kappa shape index (κ2) is 5.95. The van der Waals surface area contributed by atoms with Crippen LogP contribution in [0.4, 0.5) is 4.39 Å². The Morgan fingerprint density at radius 2 is 2.11 bits per heavy atom. The third-order valence-corrected chi connectivity index (χ3v) is 4.42. The number of aryl methyl sites for hydroxylation is 1. The van der Waals surface area contributed by atoms with Gasteiger partial charge in [-0.1, -0.05) is 19.1 Å². The molecule has 0 aliphatic rings. The quantitative estimate of drug-likeness (QED) is 0.861. The van der Waals surface area contributed by atoms with Gasteiger partial charge in [0.05, 0.1) is 10.5 Å². The maximum absolute atomic E-state index is 14.2. The summed E-state index contributed by atoms with van der Waals surface area (Å²) in [6.45, 7) is 4.89. The first kappa shape index (κ1) is 13.7. The van der Waals surface area contributed by atoms with Gasteiger partial charge in [-0.15, -0.1) is 11.3 Å². The van der Waals surface area contributed by atoms with Gasteiger partial charge in [0.25, 0.3) is 0 Å². The van der Waals surface area contributed by atoms with E-state index in [0.29, 0.717) is 10.0 Å². The van der Waals surface area contributed by atoms with Crippen LogP contribution in [0.3, 0.4) is 0 Å². The van der Waals surface area contributed by atoms with Gasteiger partial charge in [-0.2, -0.15) is 0 Å². The van der Waals surface area contributed by atoms with Crippen LogP contribution in [0, 0.1) is 12.7 Å². The molecule has 1 N–H and O–H groups in total. The number of rotatable bonds is 4. The predicted octanol–water partition coefficient (Wildman–Crippen LogP) is 4.66. The van der Waals surface area contributed by atoms with Crippen molar-refractivity contribution in [3.8, 4) is 0 Å². The van der Waals surface area contributed by atoms with Gasteiger partial charge in [-0.25, -0.2) is 4.39 Å². The lowest BCUT2D eigenvalue weighted by Gasteiger charge is -2.18. The SMILES string of the molecule is CCNC(c1ccc(C)s1)c1cccc(Br)c1F. The van der Waals surface area contributed by atoms with Crippen molar-refractivity contribution in [2.75, 3.05) is 6.54 Å². The molecule has 1 aromatic carbocycles. The molecule has 96 valence electrons. The van der Waals surface area contributed by atoms with Crippen LogP contribution < -0.4 is 5.32 Å². The van der Waals surface area contributed by atoms with Gasteiger partial charge in [0.1, 0.15) is 5.82 Å². The first-order valence-electron chi connectivity index (χ1n) is 5.87. The summed E-state index contributed by atoms with van der Waals surface area (Å²) in [7, 11) is 0. The standard InChI is InChI=1S/C14H15BrFNS/c1-3-17-14(12-8-7-9(2)18-12)10-5-4-6-11(15)13(10)16/h4-8,14,17H,3H2,1-2H3. The lowest BCUT2D eigenvalue weighted by atomic mass is 10.0. The molecule has 18 heavy (non-hydrogen) atoms. The highest BCUT2D eigenvalue weighted by Crippen LogP contribution is 2.31. The van der Waals surface area contributed by atoms with E-state index in [1.165, 1.54) is 4.88 Å². The molecular weight excluding hydrogens is 313 g/mol. The topological polar surface area (TPSA) is 12.0 Å². The molecule has 0 fully saturated rings. The first-order valence-corrected chi connectivity index (χ1v) is 7.48. The Morgan fingerprint density at radius 1 is 1.33 bits per heavy atom. The molecule has 4 heteroatoms. The highest BCUT2D eigenvalue weighted by molar-refractivity contribution is 9.10. The van der Waals surface area contributed by atoms with Crippen molar-refractivity contribution in [1.29, 1.82) is 0 Å². The van der Waals surface area contributed by atoms with Crippen LogP contribution in [0.15, 0.2) is 34.8 Å². The largest absolute Gasteiger partial charge is 0.306 e. The summed E-state index contributed by atoms with van der Waals surface area (Å²) in [5.41, 5.74) is 0.688. The van der Waals surface area contributed by atoms with Gasteiger partial charge >= 0.3 is 0 Å². The maximum Gasteiger partial charge on any atom is 0.142 e. The molecule has 1 atom stereocenters. The number of thiophene rings is 1. The fourth-order valence-corrected chi connectivity index (χ4v) is 3.27. The summed E-state index contributed by atoms with van der Waals surface area (Å²) in [6.07, 6.45) is 0. The highest BCUT2D eigenvalue weighted by atomic mass is 79.9. The molecule has 0 aliphatic heterocycles. The van der Waals surface area contributed by atoms with Crippen LogP contribution in [-0.4, -0.2) is 6.54 Å². The van der Waals surface area contributed by atoms with Crippen LogP contribution in [0.5, 0.6) is 0 Å². The minimum atomic E-state index is -0.186. The molecular formula is C14H15BrFNS. The lowest BCUT2D eigenvalue weighted by molar-refractivity contribution is 0.559. The van der Waals surface area contributed by atoms with E-state index in [-0.39, 0.29) is 11.9 Å². The van der Waals surface area contributed by atoms with Crippen LogP contribution in [0.1, 0.15) is 28.3 Å². The van der Waals surface area contributed by atoms with E-state index in [2.05, 4.69) is 40.3 Å². The van der Waals surface area contributed by atoms with Crippen molar-refractivity contribution in [2.45, 2.75) is 19.9 Å². The number of hydrogen-bond donors (Lipinski definition) is 1. The zero-order valence-corrected chi connectivity index (χ0v) is 12.7. The fourth-order valence-electron chi connectivity index (χ4n) is 1.92. The number of hydrogen-bond acceptors (Lipinski definition) is 2. The van der Waals surface area contributed by atoms with E-state index in [4.69, 9.17) is 0 Å². The van der Waals surface area contributed by atoms with E-state index >= 15 is 0 Å². The lowest BCUT2D eigenvalue weighted by Crippen LogP contribution is -2.22. The number of benzene rings is 1. The fraction of sp³-hybridized carbons (Fsp3) is 0.286. The van der Waals surface area contributed by atoms with Crippen molar-refractivity contribution in [3.05, 3.63) is 55.9 Å². The van der Waals surface area contributed by atoms with Gasteiger partial charge in [0.2, 0.25) is 0 Å². The van der Waals surface area contributed by atoms with Crippen LogP contribution in [-0.2, 0) is 0 Å². The highest BCUT2D eigenvalue weighted by Gasteiger charge is 2.19. The third kappa shape index (κ3) is 2.82. The Labute approximate surface area is 119 Å².